The van der Waals surface area contributed by atoms with Crippen LogP contribution in [0.3, 0.4) is 0 Å². The van der Waals surface area contributed by atoms with E-state index in [9.17, 15) is 13.2 Å². The lowest BCUT2D eigenvalue weighted by atomic mass is 10.2. The quantitative estimate of drug-likeness (QED) is 0.423. The molecule has 0 saturated heterocycles. The van der Waals surface area contributed by atoms with Crippen LogP contribution in [0.2, 0.25) is 5.02 Å². The number of hydrogen-bond donors (Lipinski definition) is 1. The summed E-state index contributed by atoms with van der Waals surface area (Å²) in [5.41, 5.74) is 3.21. The molecular formula is C17H17ClN2O3S2. The standard InChI is InChI=1S/C17H17ClN2O3S2/c18-15-8-6-14(7-9-15)12-19-20-17(21)13-24-10-11-25(22,23)16-4-2-1-3-5-16/h1-9,12H,10-11,13H2,(H,20,21)/b19-12-. The van der Waals surface area contributed by atoms with Crippen LogP contribution in [0.25, 0.3) is 0 Å². The molecule has 5 nitrogen and oxygen atoms in total. The Bertz CT molecular complexity index is 823. The highest BCUT2D eigenvalue weighted by atomic mass is 35.5. The third-order valence-corrected chi connectivity index (χ3v) is 6.31. The van der Waals surface area contributed by atoms with E-state index >= 15 is 0 Å². The van der Waals surface area contributed by atoms with Gasteiger partial charge in [-0.1, -0.05) is 41.9 Å². The Kier molecular flexibility index (Phi) is 7.49. The van der Waals surface area contributed by atoms with Crippen molar-refractivity contribution in [1.82, 2.24) is 5.43 Å². The van der Waals surface area contributed by atoms with E-state index < -0.39 is 9.84 Å². The van der Waals surface area contributed by atoms with E-state index in [-0.39, 0.29) is 17.4 Å². The Morgan fingerprint density at radius 2 is 1.80 bits per heavy atom. The molecule has 1 N–H and O–H groups in total. The number of hydrogen-bond acceptors (Lipinski definition) is 5. The van der Waals surface area contributed by atoms with Gasteiger partial charge >= 0.3 is 0 Å². The van der Waals surface area contributed by atoms with Gasteiger partial charge in [0.1, 0.15) is 0 Å². The number of halogens is 1. The van der Waals surface area contributed by atoms with E-state index in [1.54, 1.807) is 54.6 Å². The lowest BCUT2D eigenvalue weighted by Crippen LogP contribution is -2.20. The molecule has 0 aliphatic heterocycles. The number of sulfone groups is 1. The molecule has 8 heteroatoms. The molecule has 132 valence electrons. The highest BCUT2D eigenvalue weighted by Crippen LogP contribution is 2.12. The molecule has 2 aromatic carbocycles. The summed E-state index contributed by atoms with van der Waals surface area (Å²) in [4.78, 5) is 12.0. The van der Waals surface area contributed by atoms with Gasteiger partial charge in [-0.05, 0) is 29.8 Å². The Morgan fingerprint density at radius 3 is 2.48 bits per heavy atom. The van der Waals surface area contributed by atoms with Crippen LogP contribution in [0.15, 0.2) is 64.6 Å². The molecule has 0 aliphatic rings. The third-order valence-electron chi connectivity index (χ3n) is 3.10. The van der Waals surface area contributed by atoms with Crippen molar-refractivity contribution in [2.75, 3.05) is 17.3 Å². The normalized spacial score (nSPS) is 11.6. The maximum Gasteiger partial charge on any atom is 0.250 e. The maximum atomic E-state index is 12.1. The molecule has 25 heavy (non-hydrogen) atoms. The molecule has 0 spiro atoms. The van der Waals surface area contributed by atoms with Gasteiger partial charge in [-0.15, -0.1) is 0 Å². The minimum atomic E-state index is -3.31. The number of rotatable bonds is 8. The summed E-state index contributed by atoms with van der Waals surface area (Å²) in [6.07, 6.45) is 1.51. The van der Waals surface area contributed by atoms with Gasteiger partial charge in [0, 0.05) is 10.8 Å². The first kappa shape index (κ1) is 19.5. The average Bonchev–Trinajstić information content (AvgIpc) is 2.61. The number of carbonyl (C=O) groups excluding carboxylic acids is 1. The summed E-state index contributed by atoms with van der Waals surface area (Å²) >= 11 is 7.03. The number of hydrazone groups is 1. The minimum absolute atomic E-state index is 0.0109. The van der Waals surface area contributed by atoms with E-state index in [0.29, 0.717) is 15.7 Å². The van der Waals surface area contributed by atoms with Crippen LogP contribution in [0.1, 0.15) is 5.56 Å². The Morgan fingerprint density at radius 1 is 1.12 bits per heavy atom. The minimum Gasteiger partial charge on any atom is -0.272 e. The zero-order valence-electron chi connectivity index (χ0n) is 13.3. The van der Waals surface area contributed by atoms with E-state index in [4.69, 9.17) is 11.6 Å². The molecule has 0 saturated carbocycles. The molecule has 0 bridgehead atoms. The largest absolute Gasteiger partial charge is 0.272 e. The number of nitrogens with zero attached hydrogens (tertiary/aromatic N) is 1. The van der Waals surface area contributed by atoms with Crippen LogP contribution in [-0.4, -0.2) is 37.8 Å². The Balaban J connectivity index is 1.69. The van der Waals surface area contributed by atoms with Crippen molar-refractivity contribution in [3.63, 3.8) is 0 Å². The van der Waals surface area contributed by atoms with Gasteiger partial charge in [0.25, 0.3) is 0 Å². The Labute approximate surface area is 156 Å². The van der Waals surface area contributed by atoms with E-state index in [0.717, 1.165) is 5.56 Å². The molecule has 2 rings (SSSR count). The fourth-order valence-electron chi connectivity index (χ4n) is 1.84. The van der Waals surface area contributed by atoms with Gasteiger partial charge in [-0.25, -0.2) is 13.8 Å². The second-order valence-electron chi connectivity index (χ2n) is 5.03. The van der Waals surface area contributed by atoms with Crippen molar-refractivity contribution in [1.29, 1.82) is 0 Å². The number of carbonyl (C=O) groups is 1. The number of benzene rings is 2. The van der Waals surface area contributed by atoms with Crippen molar-refractivity contribution < 1.29 is 13.2 Å². The summed E-state index contributed by atoms with van der Waals surface area (Å²) in [7, 11) is -3.31. The second kappa shape index (κ2) is 9.60. The molecule has 0 heterocycles. The van der Waals surface area contributed by atoms with Gasteiger partial charge in [0.05, 0.1) is 22.6 Å². The smallest absolute Gasteiger partial charge is 0.250 e. The van der Waals surface area contributed by atoms with Gasteiger partial charge in [0.15, 0.2) is 9.84 Å². The molecule has 1 amide bonds. The second-order valence-corrected chi connectivity index (χ2v) is 8.68. The highest BCUT2D eigenvalue weighted by molar-refractivity contribution is 8.01. The molecule has 0 fully saturated rings. The van der Waals surface area contributed by atoms with Crippen LogP contribution in [-0.2, 0) is 14.6 Å². The monoisotopic (exact) mass is 396 g/mol. The first-order valence-electron chi connectivity index (χ1n) is 7.40. The maximum absolute atomic E-state index is 12.1. The lowest BCUT2D eigenvalue weighted by molar-refractivity contribution is -0.118. The van der Waals surface area contributed by atoms with Crippen LogP contribution in [0.4, 0.5) is 0 Å². The van der Waals surface area contributed by atoms with Gasteiger partial charge in [-0.3, -0.25) is 4.79 Å². The number of amides is 1. The van der Waals surface area contributed by atoms with Gasteiger partial charge in [0.2, 0.25) is 5.91 Å². The summed E-state index contributed by atoms with van der Waals surface area (Å²) in [5.74, 6) is 0.184. The zero-order valence-corrected chi connectivity index (χ0v) is 15.7. The van der Waals surface area contributed by atoms with E-state index in [1.165, 1.54) is 18.0 Å². The fraction of sp³-hybridized carbons (Fsp3) is 0.176. The highest BCUT2D eigenvalue weighted by Gasteiger charge is 2.13. The number of nitrogens with one attached hydrogen (secondary N) is 1. The zero-order chi connectivity index (χ0) is 18.1. The van der Waals surface area contributed by atoms with E-state index in [2.05, 4.69) is 10.5 Å². The Hall–Kier alpha value is -1.83. The summed E-state index contributed by atoms with van der Waals surface area (Å²) in [6.45, 7) is 0. The van der Waals surface area contributed by atoms with Crippen molar-refractivity contribution in [3.8, 4) is 0 Å². The molecule has 0 atom stereocenters. The predicted octanol–water partition coefficient (Wildman–Crippen LogP) is 3.00. The van der Waals surface area contributed by atoms with Crippen molar-refractivity contribution in [3.05, 3.63) is 65.2 Å². The molecule has 2 aromatic rings. The van der Waals surface area contributed by atoms with Crippen molar-refractivity contribution in [2.24, 2.45) is 5.10 Å². The molecular weight excluding hydrogens is 380 g/mol. The summed E-state index contributed by atoms with van der Waals surface area (Å²) in [5, 5.41) is 4.47. The van der Waals surface area contributed by atoms with Gasteiger partial charge < -0.3 is 0 Å². The molecule has 0 aromatic heterocycles. The molecule has 0 aliphatic carbocycles. The summed E-state index contributed by atoms with van der Waals surface area (Å²) in [6, 6.07) is 15.3. The van der Waals surface area contributed by atoms with Crippen LogP contribution in [0.5, 0.6) is 0 Å². The summed E-state index contributed by atoms with van der Waals surface area (Å²) < 4.78 is 24.2. The first-order valence-corrected chi connectivity index (χ1v) is 10.6. The van der Waals surface area contributed by atoms with Crippen LogP contribution < -0.4 is 5.43 Å². The van der Waals surface area contributed by atoms with E-state index in [1.807, 2.05) is 0 Å². The topological polar surface area (TPSA) is 75.6 Å². The predicted molar refractivity (Wildman–Crippen MR) is 103 cm³/mol. The van der Waals surface area contributed by atoms with Gasteiger partial charge in [-0.2, -0.15) is 16.9 Å². The fourth-order valence-corrected chi connectivity index (χ4v) is 4.52. The molecule has 0 unspecified atom stereocenters. The molecule has 0 radical (unpaired) electrons. The van der Waals surface area contributed by atoms with Crippen molar-refractivity contribution in [2.45, 2.75) is 4.90 Å². The lowest BCUT2D eigenvalue weighted by Gasteiger charge is -2.04. The number of thioether (sulfide) groups is 1. The first-order chi connectivity index (χ1) is 12.0. The van der Waals surface area contributed by atoms with Crippen LogP contribution >= 0.6 is 23.4 Å². The van der Waals surface area contributed by atoms with Crippen molar-refractivity contribution >= 4 is 45.3 Å². The SMILES string of the molecule is O=C(CSCCS(=O)(=O)c1ccccc1)N/N=C\c1ccc(Cl)cc1. The third kappa shape index (κ3) is 6.89. The average molecular weight is 397 g/mol. The van der Waals surface area contributed by atoms with Crippen LogP contribution in [0, 0.1) is 0 Å².